The third-order valence-electron chi connectivity index (χ3n) is 4.27. The molecule has 138 valence electrons. The number of H-pyrrole nitrogens is 1. The van der Waals surface area contributed by atoms with Crippen molar-refractivity contribution in [3.63, 3.8) is 0 Å². The average Bonchev–Trinajstić information content (AvgIpc) is 3.09. The van der Waals surface area contributed by atoms with Gasteiger partial charge in [0.25, 0.3) is 5.56 Å². The highest BCUT2D eigenvalue weighted by Crippen LogP contribution is 2.40. The first-order valence-corrected chi connectivity index (χ1v) is 8.53. The smallest absolute Gasteiger partial charge is 0.272 e. The Kier molecular flexibility index (Phi) is 5.16. The second kappa shape index (κ2) is 7.51. The van der Waals surface area contributed by atoms with Gasteiger partial charge in [0.2, 0.25) is 5.75 Å². The first-order chi connectivity index (χ1) is 12.6. The van der Waals surface area contributed by atoms with E-state index in [9.17, 15) is 4.79 Å². The normalized spacial score (nSPS) is 10.9. The average molecular weight is 357 g/mol. The molecule has 0 aliphatic carbocycles. The Morgan fingerprint density at radius 3 is 2.31 bits per heavy atom. The lowest BCUT2D eigenvalue weighted by Gasteiger charge is -2.13. The quantitative estimate of drug-likeness (QED) is 0.703. The summed E-state index contributed by atoms with van der Waals surface area (Å²) in [7, 11) is 4.70. The molecule has 3 aromatic rings. The van der Waals surface area contributed by atoms with E-state index in [0.29, 0.717) is 22.9 Å². The van der Waals surface area contributed by atoms with Crippen molar-refractivity contribution in [2.24, 2.45) is 0 Å². The molecule has 26 heavy (non-hydrogen) atoms. The van der Waals surface area contributed by atoms with Crippen molar-refractivity contribution in [1.82, 2.24) is 14.6 Å². The van der Waals surface area contributed by atoms with Crippen LogP contribution < -0.4 is 19.8 Å². The van der Waals surface area contributed by atoms with E-state index in [0.717, 1.165) is 36.2 Å². The number of aromatic nitrogens is 3. The first-order valence-electron chi connectivity index (χ1n) is 8.53. The van der Waals surface area contributed by atoms with Crippen LogP contribution in [0.25, 0.3) is 16.9 Å². The Hall–Kier alpha value is -2.96. The van der Waals surface area contributed by atoms with Gasteiger partial charge in [0.15, 0.2) is 17.1 Å². The number of nitrogens with zero attached hydrogens (tertiary/aromatic N) is 2. The van der Waals surface area contributed by atoms with Crippen molar-refractivity contribution in [3.05, 3.63) is 40.3 Å². The third kappa shape index (κ3) is 3.24. The number of hydrogen-bond donors (Lipinski definition) is 1. The van der Waals surface area contributed by atoms with Crippen molar-refractivity contribution in [2.75, 3.05) is 21.3 Å². The third-order valence-corrected chi connectivity index (χ3v) is 4.27. The molecule has 1 N–H and O–H groups in total. The molecule has 3 rings (SSSR count). The van der Waals surface area contributed by atoms with E-state index in [-0.39, 0.29) is 5.56 Å². The van der Waals surface area contributed by atoms with E-state index < -0.39 is 0 Å². The van der Waals surface area contributed by atoms with Crippen LogP contribution in [-0.4, -0.2) is 35.9 Å². The van der Waals surface area contributed by atoms with Crippen LogP contribution >= 0.6 is 0 Å². The molecule has 0 saturated heterocycles. The van der Waals surface area contributed by atoms with Crippen LogP contribution in [0.5, 0.6) is 17.2 Å². The molecule has 2 heterocycles. The van der Waals surface area contributed by atoms with E-state index in [1.54, 1.807) is 27.4 Å². The summed E-state index contributed by atoms with van der Waals surface area (Å²) in [5, 5.41) is 3.09. The van der Waals surface area contributed by atoms with Crippen LogP contribution in [0.3, 0.4) is 0 Å². The fourth-order valence-electron chi connectivity index (χ4n) is 2.91. The molecule has 0 bridgehead atoms. The minimum Gasteiger partial charge on any atom is -0.493 e. The summed E-state index contributed by atoms with van der Waals surface area (Å²) in [5.74, 6) is 1.61. The lowest BCUT2D eigenvalue weighted by atomic mass is 10.1. The van der Waals surface area contributed by atoms with Crippen LogP contribution in [0.4, 0.5) is 0 Å². The van der Waals surface area contributed by atoms with Crippen molar-refractivity contribution < 1.29 is 14.2 Å². The van der Waals surface area contributed by atoms with Gasteiger partial charge in [-0.15, -0.1) is 0 Å². The number of benzene rings is 1. The van der Waals surface area contributed by atoms with Gasteiger partial charge < -0.3 is 14.2 Å². The van der Waals surface area contributed by atoms with E-state index in [4.69, 9.17) is 14.2 Å². The first kappa shape index (κ1) is 17.8. The highest BCUT2D eigenvalue weighted by molar-refractivity contribution is 5.71. The number of hydrogen-bond acceptors (Lipinski definition) is 5. The monoisotopic (exact) mass is 357 g/mol. The van der Waals surface area contributed by atoms with Gasteiger partial charge in [-0.1, -0.05) is 13.3 Å². The highest BCUT2D eigenvalue weighted by atomic mass is 16.5. The van der Waals surface area contributed by atoms with E-state index in [1.165, 1.54) is 4.52 Å². The zero-order chi connectivity index (χ0) is 18.7. The number of aryl methyl sites for hydroxylation is 1. The zero-order valence-corrected chi connectivity index (χ0v) is 15.5. The molecule has 0 radical (unpaired) electrons. The predicted molar refractivity (Wildman–Crippen MR) is 99.5 cm³/mol. The Labute approximate surface area is 151 Å². The lowest BCUT2D eigenvalue weighted by Crippen LogP contribution is -2.15. The number of fused-ring (bicyclic) bond motifs is 1. The zero-order valence-electron chi connectivity index (χ0n) is 15.5. The van der Waals surface area contributed by atoms with Gasteiger partial charge in [0.05, 0.1) is 27.0 Å². The Bertz CT molecular complexity index is 950. The van der Waals surface area contributed by atoms with Crippen molar-refractivity contribution >= 4 is 5.65 Å². The number of unbranched alkanes of at least 4 members (excludes halogenated alkanes) is 1. The summed E-state index contributed by atoms with van der Waals surface area (Å²) in [5.41, 5.74) is 2.82. The number of nitrogens with one attached hydrogen (secondary N) is 1. The minimum absolute atomic E-state index is 0.125. The number of ether oxygens (including phenoxy) is 3. The molecule has 0 fully saturated rings. The topological polar surface area (TPSA) is 77.9 Å². The minimum atomic E-state index is -0.125. The second-order valence-electron chi connectivity index (χ2n) is 5.97. The summed E-state index contributed by atoms with van der Waals surface area (Å²) < 4.78 is 17.6. The Morgan fingerprint density at radius 1 is 1.04 bits per heavy atom. The van der Waals surface area contributed by atoms with E-state index >= 15 is 0 Å². The summed E-state index contributed by atoms with van der Waals surface area (Å²) >= 11 is 0. The maximum atomic E-state index is 12.4. The van der Waals surface area contributed by atoms with Crippen LogP contribution in [0.1, 0.15) is 25.5 Å². The standard InChI is InChI=1S/C19H23N3O4/c1-5-6-7-13-10-18(23)22-17(20-13)11-14(21-22)12-8-15(24-2)19(26-4)16(9-12)25-3/h8-11,21H,5-7H2,1-4H3. The van der Waals surface area contributed by atoms with Gasteiger partial charge in [-0.05, 0) is 25.0 Å². The molecule has 0 unspecified atom stereocenters. The van der Waals surface area contributed by atoms with Crippen LogP contribution in [0.2, 0.25) is 0 Å². The molecule has 0 amide bonds. The van der Waals surface area contributed by atoms with Gasteiger partial charge in [0, 0.05) is 23.4 Å². The number of rotatable bonds is 7. The lowest BCUT2D eigenvalue weighted by molar-refractivity contribution is 0.324. The van der Waals surface area contributed by atoms with Crippen LogP contribution in [0.15, 0.2) is 29.1 Å². The van der Waals surface area contributed by atoms with E-state index in [2.05, 4.69) is 17.0 Å². The van der Waals surface area contributed by atoms with Crippen LogP contribution in [-0.2, 0) is 6.42 Å². The molecular weight excluding hydrogens is 334 g/mol. The molecular formula is C19H23N3O4. The Morgan fingerprint density at radius 2 is 1.73 bits per heavy atom. The fourth-order valence-corrected chi connectivity index (χ4v) is 2.91. The predicted octanol–water partition coefficient (Wildman–Crippen LogP) is 3.06. The van der Waals surface area contributed by atoms with Gasteiger partial charge in [-0.3, -0.25) is 9.89 Å². The molecule has 0 spiro atoms. The van der Waals surface area contributed by atoms with Crippen molar-refractivity contribution in [3.8, 4) is 28.5 Å². The summed E-state index contributed by atoms with van der Waals surface area (Å²) in [6.07, 6.45) is 2.87. The van der Waals surface area contributed by atoms with Gasteiger partial charge >= 0.3 is 0 Å². The molecule has 0 aliphatic rings. The van der Waals surface area contributed by atoms with Gasteiger partial charge in [0.1, 0.15) is 0 Å². The fraction of sp³-hybridized carbons (Fsp3) is 0.368. The van der Waals surface area contributed by atoms with Crippen molar-refractivity contribution in [2.45, 2.75) is 26.2 Å². The molecule has 0 aliphatic heterocycles. The second-order valence-corrected chi connectivity index (χ2v) is 5.97. The molecule has 7 heteroatoms. The SMILES string of the molecule is CCCCc1cc(=O)n2[nH]c(-c3cc(OC)c(OC)c(OC)c3)cc2n1. The largest absolute Gasteiger partial charge is 0.493 e. The van der Waals surface area contributed by atoms with Gasteiger partial charge in [-0.2, -0.15) is 0 Å². The molecule has 1 aromatic carbocycles. The maximum Gasteiger partial charge on any atom is 0.272 e. The number of methoxy groups -OCH3 is 3. The van der Waals surface area contributed by atoms with E-state index in [1.807, 2.05) is 18.2 Å². The molecule has 7 nitrogen and oxygen atoms in total. The van der Waals surface area contributed by atoms with Crippen molar-refractivity contribution in [1.29, 1.82) is 0 Å². The molecule has 2 aromatic heterocycles. The molecule has 0 saturated carbocycles. The maximum absolute atomic E-state index is 12.4. The summed E-state index contributed by atoms with van der Waals surface area (Å²) in [6, 6.07) is 7.08. The number of aromatic amines is 1. The van der Waals surface area contributed by atoms with Gasteiger partial charge in [-0.25, -0.2) is 9.50 Å². The summed E-state index contributed by atoms with van der Waals surface area (Å²) in [6.45, 7) is 2.12. The Balaban J connectivity index is 2.11. The van der Waals surface area contributed by atoms with Crippen LogP contribution in [0, 0.1) is 0 Å². The molecule has 0 atom stereocenters. The highest BCUT2D eigenvalue weighted by Gasteiger charge is 2.16. The summed E-state index contributed by atoms with van der Waals surface area (Å²) in [4.78, 5) is 17.0.